The summed E-state index contributed by atoms with van der Waals surface area (Å²) in [4.78, 5) is 16.2. The third-order valence-electron chi connectivity index (χ3n) is 2.60. The van der Waals surface area contributed by atoms with Gasteiger partial charge in [-0.1, -0.05) is 13.8 Å². The first-order chi connectivity index (χ1) is 6.50. The number of carbonyl (C=O) groups excluding carboxylic acids is 1. The molecule has 2 atom stereocenters. The van der Waals surface area contributed by atoms with Crippen LogP contribution in [0.5, 0.6) is 0 Å². The average Bonchev–Trinajstić information content (AvgIpc) is 2.50. The Morgan fingerprint density at radius 1 is 1.43 bits per heavy atom. The van der Waals surface area contributed by atoms with Gasteiger partial charge in [0.25, 0.3) is 0 Å². The Bertz CT molecular complexity index is 205. The number of carbonyl (C=O) groups is 1. The Morgan fingerprint density at radius 2 is 2.07 bits per heavy atom. The minimum atomic E-state index is -0.271. The molecule has 0 radical (unpaired) electrons. The van der Waals surface area contributed by atoms with Crippen molar-refractivity contribution in [1.29, 1.82) is 0 Å². The Kier molecular flexibility index (Phi) is 4.00. The van der Waals surface area contributed by atoms with Crippen LogP contribution < -0.4 is 0 Å². The second-order valence-corrected chi connectivity index (χ2v) is 4.05. The number of Topliss-reactive ketones (excluding diaryl/α,β-unsaturated/α-hetero) is 1. The van der Waals surface area contributed by atoms with Crippen LogP contribution >= 0.6 is 0 Å². The maximum atomic E-state index is 11.6. The average molecular weight is 203 g/mol. The zero-order chi connectivity index (χ0) is 10.7. The van der Waals surface area contributed by atoms with E-state index in [0.717, 1.165) is 6.42 Å². The van der Waals surface area contributed by atoms with Crippen LogP contribution in [-0.2, 0) is 9.63 Å². The molecular formula is C9H17NO4. The van der Waals surface area contributed by atoms with E-state index in [1.165, 1.54) is 0 Å². The zero-order valence-corrected chi connectivity index (χ0v) is 8.51. The van der Waals surface area contributed by atoms with Crippen molar-refractivity contribution in [2.45, 2.75) is 39.2 Å². The lowest BCUT2D eigenvalue weighted by Crippen LogP contribution is -2.23. The number of hydrogen-bond acceptors (Lipinski definition) is 5. The molecule has 0 aromatic rings. The number of ketones is 1. The second-order valence-electron chi connectivity index (χ2n) is 4.05. The third-order valence-corrected chi connectivity index (χ3v) is 2.60. The summed E-state index contributed by atoms with van der Waals surface area (Å²) >= 11 is 0. The standard InChI is InChI=1S/C9H17NO4/c1-6(2)9(11)7-3-4-8(5-7)14-10(12)13/h6-8,12-13H,3-5H2,1-2H3/t7-,8-/m0/s1. The van der Waals surface area contributed by atoms with E-state index in [1.54, 1.807) is 0 Å². The fourth-order valence-electron chi connectivity index (χ4n) is 1.90. The molecular weight excluding hydrogens is 186 g/mol. The van der Waals surface area contributed by atoms with Gasteiger partial charge in [-0.25, -0.2) is 4.84 Å². The maximum Gasteiger partial charge on any atom is 0.138 e. The molecule has 2 N–H and O–H groups in total. The predicted octanol–water partition coefficient (Wildman–Crippen LogP) is 1.39. The highest BCUT2D eigenvalue weighted by atomic mass is 17.1. The Labute approximate surface area is 83.1 Å². The molecule has 0 saturated heterocycles. The van der Waals surface area contributed by atoms with E-state index in [2.05, 4.69) is 4.84 Å². The van der Waals surface area contributed by atoms with Crippen molar-refractivity contribution in [2.24, 2.45) is 11.8 Å². The van der Waals surface area contributed by atoms with Crippen LogP contribution in [0.25, 0.3) is 0 Å². The first kappa shape index (κ1) is 11.6. The molecule has 1 aliphatic carbocycles. The minimum Gasteiger partial charge on any atom is -0.299 e. The fraction of sp³-hybridized carbons (Fsp3) is 0.889. The molecule has 0 amide bonds. The summed E-state index contributed by atoms with van der Waals surface area (Å²) in [5.74, 6) is 0.289. The highest BCUT2D eigenvalue weighted by Gasteiger charge is 2.32. The van der Waals surface area contributed by atoms with Gasteiger partial charge in [0.2, 0.25) is 0 Å². The van der Waals surface area contributed by atoms with E-state index in [0.29, 0.717) is 12.8 Å². The maximum absolute atomic E-state index is 11.6. The van der Waals surface area contributed by atoms with Gasteiger partial charge < -0.3 is 0 Å². The van der Waals surface area contributed by atoms with Crippen molar-refractivity contribution in [3.8, 4) is 0 Å². The van der Waals surface area contributed by atoms with Crippen molar-refractivity contribution in [3.63, 3.8) is 0 Å². The molecule has 0 unspecified atom stereocenters. The van der Waals surface area contributed by atoms with Gasteiger partial charge in [0, 0.05) is 11.8 Å². The Morgan fingerprint density at radius 3 is 2.57 bits per heavy atom. The van der Waals surface area contributed by atoms with Crippen molar-refractivity contribution in [1.82, 2.24) is 5.39 Å². The molecule has 5 nitrogen and oxygen atoms in total. The van der Waals surface area contributed by atoms with Gasteiger partial charge in [-0.05, 0) is 19.3 Å². The Hall–Kier alpha value is -0.490. The van der Waals surface area contributed by atoms with Crippen molar-refractivity contribution < 1.29 is 20.0 Å². The lowest BCUT2D eigenvalue weighted by Gasteiger charge is -2.14. The van der Waals surface area contributed by atoms with E-state index in [9.17, 15) is 4.79 Å². The van der Waals surface area contributed by atoms with Crippen LogP contribution in [0.15, 0.2) is 0 Å². The van der Waals surface area contributed by atoms with E-state index in [1.807, 2.05) is 13.8 Å². The lowest BCUT2D eigenvalue weighted by atomic mass is 9.94. The topological polar surface area (TPSA) is 70.0 Å². The van der Waals surface area contributed by atoms with Gasteiger partial charge in [-0.2, -0.15) is 0 Å². The molecule has 0 spiro atoms. The van der Waals surface area contributed by atoms with Crippen molar-refractivity contribution >= 4 is 5.78 Å². The van der Waals surface area contributed by atoms with Crippen LogP contribution in [0.3, 0.4) is 0 Å². The van der Waals surface area contributed by atoms with Crippen LogP contribution in [0.1, 0.15) is 33.1 Å². The highest BCUT2D eigenvalue weighted by Crippen LogP contribution is 2.30. The van der Waals surface area contributed by atoms with E-state index < -0.39 is 0 Å². The molecule has 0 aromatic heterocycles. The van der Waals surface area contributed by atoms with Crippen LogP contribution in [0.2, 0.25) is 0 Å². The fourth-order valence-corrected chi connectivity index (χ4v) is 1.90. The normalized spacial score (nSPS) is 27.6. The molecule has 14 heavy (non-hydrogen) atoms. The molecule has 5 heteroatoms. The first-order valence-corrected chi connectivity index (χ1v) is 4.89. The summed E-state index contributed by atoms with van der Waals surface area (Å²) in [5.41, 5.74) is 0. The molecule has 82 valence electrons. The molecule has 1 saturated carbocycles. The van der Waals surface area contributed by atoms with Crippen LogP contribution in [0, 0.1) is 11.8 Å². The summed E-state index contributed by atoms with van der Waals surface area (Å²) in [7, 11) is 0. The van der Waals surface area contributed by atoms with Crippen LogP contribution in [-0.4, -0.2) is 27.7 Å². The monoisotopic (exact) mass is 203 g/mol. The summed E-state index contributed by atoms with van der Waals surface area (Å²) in [6, 6.07) is 0. The van der Waals surface area contributed by atoms with Gasteiger partial charge in [0.1, 0.15) is 5.78 Å². The van der Waals surface area contributed by atoms with E-state index in [4.69, 9.17) is 10.4 Å². The van der Waals surface area contributed by atoms with E-state index >= 15 is 0 Å². The van der Waals surface area contributed by atoms with Crippen molar-refractivity contribution in [3.05, 3.63) is 0 Å². The molecule has 0 aliphatic heterocycles. The highest BCUT2D eigenvalue weighted by molar-refractivity contribution is 5.83. The third kappa shape index (κ3) is 3.02. The molecule has 0 heterocycles. The Balaban J connectivity index is 2.37. The van der Waals surface area contributed by atoms with Crippen LogP contribution in [0.4, 0.5) is 0 Å². The molecule has 1 fully saturated rings. The van der Waals surface area contributed by atoms with Gasteiger partial charge in [0.15, 0.2) is 0 Å². The first-order valence-electron chi connectivity index (χ1n) is 4.89. The zero-order valence-electron chi connectivity index (χ0n) is 8.51. The van der Waals surface area contributed by atoms with Gasteiger partial charge in [0.05, 0.1) is 11.5 Å². The lowest BCUT2D eigenvalue weighted by molar-refractivity contribution is -0.504. The summed E-state index contributed by atoms with van der Waals surface area (Å²) in [5, 5.41) is 16.6. The molecule has 0 bridgehead atoms. The van der Waals surface area contributed by atoms with E-state index in [-0.39, 0.29) is 29.1 Å². The molecule has 1 aliphatic rings. The molecule has 1 rings (SSSR count). The summed E-state index contributed by atoms with van der Waals surface area (Å²) in [6.07, 6.45) is 1.79. The molecule has 0 aromatic carbocycles. The van der Waals surface area contributed by atoms with Crippen molar-refractivity contribution in [2.75, 3.05) is 0 Å². The summed E-state index contributed by atoms with van der Waals surface area (Å²) in [6.45, 7) is 3.75. The van der Waals surface area contributed by atoms with Gasteiger partial charge >= 0.3 is 0 Å². The predicted molar refractivity (Wildman–Crippen MR) is 47.5 cm³/mol. The van der Waals surface area contributed by atoms with Gasteiger partial charge in [-0.15, -0.1) is 0 Å². The smallest absolute Gasteiger partial charge is 0.138 e. The SMILES string of the molecule is CC(C)C(=O)[C@H]1CC[C@H](ON(O)O)C1. The van der Waals surface area contributed by atoms with Gasteiger partial charge in [-0.3, -0.25) is 15.2 Å². The second kappa shape index (κ2) is 4.84. The summed E-state index contributed by atoms with van der Waals surface area (Å²) < 4.78 is 0. The quantitative estimate of drug-likeness (QED) is 0.676. The largest absolute Gasteiger partial charge is 0.299 e. The number of rotatable bonds is 4. The number of nitrogens with zero attached hydrogens (tertiary/aromatic N) is 1. The minimum absolute atomic E-state index is 0.0138. The number of hydrogen-bond donors (Lipinski definition) is 2.